The number of nitrogens with one attached hydrogen (secondary N) is 1. The number of pyridine rings is 1. The van der Waals surface area contributed by atoms with Gasteiger partial charge in [0.05, 0.1) is 33.6 Å². The van der Waals surface area contributed by atoms with Crippen LogP contribution in [-0.2, 0) is 16.1 Å². The number of amides is 2. The van der Waals surface area contributed by atoms with E-state index in [-0.39, 0.29) is 48.5 Å². The van der Waals surface area contributed by atoms with Crippen LogP contribution in [0.2, 0.25) is 0 Å². The van der Waals surface area contributed by atoms with Crippen LogP contribution in [0, 0.1) is 12.8 Å². The van der Waals surface area contributed by atoms with Gasteiger partial charge in [0.15, 0.2) is 11.6 Å². The number of β-amino-alcohol motifs (C(OH)–C–C–N with tert-alkyl or cyclic N) is 1. The number of hydrogen-bond acceptors (Lipinski definition) is 18. The van der Waals surface area contributed by atoms with E-state index in [9.17, 15) is 19.8 Å². The number of ether oxygens (including phenoxy) is 2. The number of aromatic nitrogens is 5. The second-order valence-corrected chi connectivity index (χ2v) is 20.7. The number of phenols is 1. The highest BCUT2D eigenvalue weighted by Crippen LogP contribution is 2.40. The van der Waals surface area contributed by atoms with E-state index in [0.717, 1.165) is 91.7 Å². The number of benzene rings is 2. The van der Waals surface area contributed by atoms with Crippen molar-refractivity contribution in [3.05, 3.63) is 102 Å². The van der Waals surface area contributed by atoms with E-state index in [2.05, 4.69) is 62.4 Å². The molecule has 2 bridgehead atoms. The van der Waals surface area contributed by atoms with Gasteiger partial charge < -0.3 is 50.0 Å². The zero-order valence-corrected chi connectivity index (χ0v) is 42.4. The molecule has 0 radical (unpaired) electrons. The van der Waals surface area contributed by atoms with E-state index in [1.165, 1.54) is 4.90 Å². The molecule has 4 fully saturated rings. The summed E-state index contributed by atoms with van der Waals surface area (Å²) >= 11 is 1.59. The minimum atomic E-state index is -0.817. The van der Waals surface area contributed by atoms with Crippen LogP contribution in [0.25, 0.3) is 21.7 Å². The molecule has 5 N–H and O–H groups in total. The lowest BCUT2D eigenvalue weighted by molar-refractivity contribution is -0.141. The van der Waals surface area contributed by atoms with E-state index < -0.39 is 18.1 Å². The molecule has 2 amide bonds. The molecule has 19 nitrogen and oxygen atoms in total. The van der Waals surface area contributed by atoms with Crippen molar-refractivity contribution in [2.75, 3.05) is 87.7 Å². The second-order valence-electron chi connectivity index (χ2n) is 19.8. The van der Waals surface area contributed by atoms with Gasteiger partial charge in [-0.15, -0.1) is 21.5 Å². The average Bonchev–Trinajstić information content (AvgIpc) is 4.20. The van der Waals surface area contributed by atoms with Crippen molar-refractivity contribution in [1.82, 2.24) is 45.3 Å². The first-order valence-corrected chi connectivity index (χ1v) is 26.2. The van der Waals surface area contributed by atoms with Crippen LogP contribution in [0.4, 0.5) is 17.2 Å². The molecule has 0 saturated carbocycles. The van der Waals surface area contributed by atoms with E-state index >= 15 is 0 Å². The minimum absolute atomic E-state index is 0.0575. The molecule has 0 spiro atoms. The van der Waals surface area contributed by atoms with Crippen LogP contribution in [-0.4, -0.2) is 158 Å². The highest BCUT2D eigenvalue weighted by molar-refractivity contribution is 7.13. The number of nitrogen functional groups attached to an aromatic ring is 1. The lowest BCUT2D eigenvalue weighted by Gasteiger charge is -2.43. The van der Waals surface area contributed by atoms with Crippen LogP contribution in [0.15, 0.2) is 89.0 Å². The Morgan fingerprint density at radius 2 is 1.60 bits per heavy atom. The van der Waals surface area contributed by atoms with Crippen molar-refractivity contribution >= 4 is 40.3 Å². The molecule has 4 aliphatic rings. The molecule has 4 aromatic heterocycles. The number of rotatable bonds is 18. The molecule has 2 unspecified atom stereocenters. The number of phenolic OH excluding ortho intramolecular Hbond substituents is 1. The van der Waals surface area contributed by atoms with Crippen LogP contribution in [0.5, 0.6) is 17.5 Å². The number of aryl methyl sites for hydroxylation is 1. The highest BCUT2D eigenvalue weighted by Gasteiger charge is 2.44. The molecule has 4 saturated heterocycles. The number of nitrogens with two attached hydrogens (primary N) is 1. The van der Waals surface area contributed by atoms with Crippen molar-refractivity contribution in [3.8, 4) is 39.2 Å². The van der Waals surface area contributed by atoms with Gasteiger partial charge in [0.2, 0.25) is 17.7 Å². The summed E-state index contributed by atoms with van der Waals surface area (Å²) in [5.41, 5.74) is 14.3. The summed E-state index contributed by atoms with van der Waals surface area (Å²) in [5, 5.41) is 36.8. The van der Waals surface area contributed by atoms with Crippen LogP contribution < -0.4 is 30.3 Å². The Morgan fingerprint density at radius 3 is 2.29 bits per heavy atom. The molecule has 2 aromatic carbocycles. The number of hydrogen-bond donors (Lipinski definition) is 4. The Morgan fingerprint density at radius 1 is 0.890 bits per heavy atom. The van der Waals surface area contributed by atoms with Crippen LogP contribution in [0.3, 0.4) is 0 Å². The standard InChI is InChI=1S/C53H64N12O7S/c1-33(2)49(53(69)64-31-40(66)25-44(64)52(68)56-28-35-8-10-36(11-9-35)50-34(3)57-32-73-50)46-27-48(60-72-46)71-23-21-62-18-16-61(17-19-62)20-22-70-47-24-37(14-15-55-47)65-38-12-13-39(65)30-63(29-38)43-26-42(58-59-51(43)54)41-6-4-5-7-45(41)67/h4-11,14-15,24,26-27,32-33,38-40,44,49,66-67H,12-13,16-23,25,28-31H2,1-3H3,(H2,54,59)(H,56,68)/t38?,39?,40-,44+,49+/m1/s1. The molecular formula is C53H64N12O7S. The van der Waals surface area contributed by atoms with Gasteiger partial charge in [0.1, 0.15) is 30.9 Å². The maximum absolute atomic E-state index is 14.2. The predicted octanol–water partition coefficient (Wildman–Crippen LogP) is 5.20. The van der Waals surface area contributed by atoms with Crippen molar-refractivity contribution in [3.63, 3.8) is 0 Å². The number of fused-ring (bicyclic) bond motifs is 2. The average molecular weight is 1010 g/mol. The van der Waals surface area contributed by atoms with Gasteiger partial charge in [-0.1, -0.05) is 50.2 Å². The number of likely N-dealkylation sites (tertiary alicyclic amines) is 1. The minimum Gasteiger partial charge on any atom is -0.507 e. The quantitative estimate of drug-likeness (QED) is 0.0869. The third-order valence-electron chi connectivity index (χ3n) is 14.6. The summed E-state index contributed by atoms with van der Waals surface area (Å²) in [6, 6.07) is 22.6. The summed E-state index contributed by atoms with van der Waals surface area (Å²) in [4.78, 5) is 48.7. The topological polar surface area (TPSA) is 225 Å². The lowest BCUT2D eigenvalue weighted by atomic mass is 9.91. The number of aliphatic hydroxyl groups is 1. The molecule has 0 aliphatic carbocycles. The first-order valence-electron chi connectivity index (χ1n) is 25.3. The summed E-state index contributed by atoms with van der Waals surface area (Å²) in [6.45, 7) is 13.7. The Kier molecular flexibility index (Phi) is 15.0. The fourth-order valence-electron chi connectivity index (χ4n) is 10.8. The lowest BCUT2D eigenvalue weighted by Crippen LogP contribution is -2.54. The third kappa shape index (κ3) is 11.2. The molecule has 6 aromatic rings. The van der Waals surface area contributed by atoms with E-state index in [1.807, 2.05) is 74.9 Å². The molecule has 73 heavy (non-hydrogen) atoms. The number of aliphatic hydroxyl groups excluding tert-OH is 1. The maximum Gasteiger partial charge on any atom is 0.254 e. The highest BCUT2D eigenvalue weighted by atomic mass is 32.1. The van der Waals surface area contributed by atoms with Crippen LogP contribution >= 0.6 is 11.3 Å². The van der Waals surface area contributed by atoms with Crippen molar-refractivity contribution in [2.45, 2.75) is 76.7 Å². The van der Waals surface area contributed by atoms with Crippen LogP contribution in [0.1, 0.15) is 56.0 Å². The number of carbonyl (C=O) groups is 2. The summed E-state index contributed by atoms with van der Waals surface area (Å²) in [5.74, 6) is 0.321. The number of thiazole rings is 1. The van der Waals surface area contributed by atoms with Crippen molar-refractivity contribution in [2.24, 2.45) is 5.92 Å². The van der Waals surface area contributed by atoms with E-state index in [1.54, 1.807) is 29.5 Å². The van der Waals surface area contributed by atoms with Gasteiger partial charge in [-0.2, -0.15) is 0 Å². The molecule has 5 atom stereocenters. The Labute approximate surface area is 428 Å². The van der Waals surface area contributed by atoms with Crippen molar-refractivity contribution in [1.29, 1.82) is 0 Å². The smallest absolute Gasteiger partial charge is 0.254 e. The molecule has 384 valence electrons. The molecule has 20 heteroatoms. The number of para-hydroxylation sites is 1. The van der Waals surface area contributed by atoms with Gasteiger partial charge in [-0.05, 0) is 66.2 Å². The summed E-state index contributed by atoms with van der Waals surface area (Å²) < 4.78 is 18.0. The number of anilines is 3. The second kappa shape index (κ2) is 22.1. The van der Waals surface area contributed by atoms with E-state index in [4.69, 9.17) is 19.7 Å². The molecule has 8 heterocycles. The Hall–Kier alpha value is -6.87. The maximum atomic E-state index is 14.2. The van der Waals surface area contributed by atoms with Gasteiger partial charge >= 0.3 is 0 Å². The van der Waals surface area contributed by atoms with Crippen molar-refractivity contribution < 1.29 is 33.8 Å². The normalized spacial score (nSPS) is 20.7. The zero-order valence-electron chi connectivity index (χ0n) is 41.5. The third-order valence-corrected chi connectivity index (χ3v) is 15.6. The largest absolute Gasteiger partial charge is 0.507 e. The monoisotopic (exact) mass is 1010 g/mol. The van der Waals surface area contributed by atoms with Gasteiger partial charge in [-0.25, -0.2) is 9.97 Å². The van der Waals surface area contributed by atoms with Gasteiger partial charge in [0.25, 0.3) is 5.88 Å². The molecular weight excluding hydrogens is 949 g/mol. The first kappa shape index (κ1) is 49.7. The number of piperazine rings is 2. The summed E-state index contributed by atoms with van der Waals surface area (Å²) in [6.07, 6.45) is 3.29. The zero-order chi connectivity index (χ0) is 50.6. The molecule has 10 rings (SSSR count). The predicted molar refractivity (Wildman–Crippen MR) is 277 cm³/mol. The fraction of sp³-hybridized carbons (Fsp3) is 0.453. The Balaban J connectivity index is 0.650. The molecule has 4 aliphatic heterocycles. The number of aromatic hydroxyl groups is 1. The summed E-state index contributed by atoms with van der Waals surface area (Å²) in [7, 11) is 0. The SMILES string of the molecule is Cc1ncsc1-c1ccc(CNC(=O)[C@@H]2C[C@@H](O)CN2C(=O)[C@H](c2cc(OCCN3CCN(CCOc4cc(N5C6CCC5CN(c5cc(-c7ccccc7O)nnc5N)C6)ccn4)CC3)no2)C(C)C)cc1. The number of nitrogens with zero attached hydrogens (tertiary/aromatic N) is 10. The fourth-order valence-corrected chi connectivity index (χ4v) is 11.6. The van der Waals surface area contributed by atoms with Gasteiger partial charge in [0, 0.05) is 114 Å². The van der Waals surface area contributed by atoms with Gasteiger partial charge in [-0.3, -0.25) is 19.4 Å². The Bertz CT molecular complexity index is 2840. The first-order chi connectivity index (χ1) is 35.4. The van der Waals surface area contributed by atoms with E-state index in [0.29, 0.717) is 60.9 Å². The number of carbonyl (C=O) groups excluding carboxylic acids is 2.